The van der Waals surface area contributed by atoms with E-state index in [2.05, 4.69) is 12.2 Å². The zero-order chi connectivity index (χ0) is 13.0. The van der Waals surface area contributed by atoms with Crippen LogP contribution in [0.1, 0.15) is 30.9 Å². The van der Waals surface area contributed by atoms with E-state index < -0.39 is 5.82 Å². The summed E-state index contributed by atoms with van der Waals surface area (Å²) in [5.74, 6) is -0.423. The normalized spacial score (nSPS) is 23.6. The van der Waals surface area contributed by atoms with Crippen LogP contribution in [0.3, 0.4) is 0 Å². The highest BCUT2D eigenvalue weighted by Crippen LogP contribution is 2.20. The van der Waals surface area contributed by atoms with Gasteiger partial charge in [0.2, 0.25) is 0 Å². The van der Waals surface area contributed by atoms with Crippen LogP contribution in [0.25, 0.3) is 0 Å². The number of hydrogen-bond acceptors (Lipinski definition) is 3. The predicted octanol–water partition coefficient (Wildman–Crippen LogP) is 2.36. The molecule has 1 fully saturated rings. The Kier molecular flexibility index (Phi) is 3.95. The summed E-state index contributed by atoms with van der Waals surface area (Å²) < 4.78 is 19.3. The van der Waals surface area contributed by atoms with Crippen molar-refractivity contribution in [1.82, 2.24) is 5.32 Å². The Morgan fingerprint density at radius 2 is 2.39 bits per heavy atom. The molecule has 3 nitrogen and oxygen atoms in total. The van der Waals surface area contributed by atoms with Gasteiger partial charge in [0.25, 0.3) is 0 Å². The molecule has 0 aromatic heterocycles. The van der Waals surface area contributed by atoms with Gasteiger partial charge in [0.05, 0.1) is 12.2 Å². The van der Waals surface area contributed by atoms with Gasteiger partial charge in [-0.15, -0.1) is 0 Å². The monoisotopic (exact) mass is 248 g/mol. The van der Waals surface area contributed by atoms with Gasteiger partial charge >= 0.3 is 0 Å². The highest BCUT2D eigenvalue weighted by atomic mass is 19.1. The Balaban J connectivity index is 2.04. The molecule has 2 rings (SSSR count). The van der Waals surface area contributed by atoms with Crippen LogP contribution in [0, 0.1) is 17.1 Å². The van der Waals surface area contributed by atoms with Crippen molar-refractivity contribution >= 4 is 0 Å². The summed E-state index contributed by atoms with van der Waals surface area (Å²) in [4.78, 5) is 0. The number of halogens is 1. The lowest BCUT2D eigenvalue weighted by molar-refractivity contribution is 0.0276. The van der Waals surface area contributed by atoms with Gasteiger partial charge in [0.15, 0.2) is 0 Å². The summed E-state index contributed by atoms with van der Waals surface area (Å²) in [7, 11) is 0. The Morgan fingerprint density at radius 3 is 3.06 bits per heavy atom. The lowest BCUT2D eigenvalue weighted by Crippen LogP contribution is -2.48. The van der Waals surface area contributed by atoms with E-state index in [4.69, 9.17) is 10.00 Å². The van der Waals surface area contributed by atoms with Gasteiger partial charge in [-0.05, 0) is 25.8 Å². The van der Waals surface area contributed by atoms with E-state index in [9.17, 15) is 4.39 Å². The van der Waals surface area contributed by atoms with Crippen LogP contribution < -0.4 is 5.32 Å². The van der Waals surface area contributed by atoms with Gasteiger partial charge in [0.1, 0.15) is 11.9 Å². The van der Waals surface area contributed by atoms with Gasteiger partial charge < -0.3 is 10.1 Å². The van der Waals surface area contributed by atoms with Crippen LogP contribution in [0.2, 0.25) is 0 Å². The number of nitrogens with one attached hydrogen (secondary N) is 1. The summed E-state index contributed by atoms with van der Waals surface area (Å²) in [6.45, 7) is 3.95. The van der Waals surface area contributed by atoms with E-state index in [1.54, 1.807) is 12.1 Å². The molecule has 1 aliphatic heterocycles. The van der Waals surface area contributed by atoms with Gasteiger partial charge in [-0.2, -0.15) is 5.26 Å². The van der Waals surface area contributed by atoms with Crippen LogP contribution in [-0.2, 0) is 11.3 Å². The fourth-order valence-corrected chi connectivity index (χ4v) is 2.18. The second kappa shape index (κ2) is 5.47. The molecule has 0 spiro atoms. The summed E-state index contributed by atoms with van der Waals surface area (Å²) in [6, 6.07) is 6.76. The van der Waals surface area contributed by atoms with Crippen LogP contribution >= 0.6 is 0 Å². The Hall–Kier alpha value is -1.44. The smallest absolute Gasteiger partial charge is 0.145 e. The highest BCUT2D eigenvalue weighted by molar-refractivity contribution is 5.34. The van der Waals surface area contributed by atoms with Crippen molar-refractivity contribution in [1.29, 1.82) is 5.26 Å². The zero-order valence-corrected chi connectivity index (χ0v) is 10.5. The van der Waals surface area contributed by atoms with E-state index in [0.29, 0.717) is 18.7 Å². The molecule has 1 aliphatic rings. The molecule has 0 aliphatic carbocycles. The topological polar surface area (TPSA) is 45.0 Å². The Bertz CT molecular complexity index is 461. The van der Waals surface area contributed by atoms with E-state index >= 15 is 0 Å². The molecule has 1 heterocycles. The van der Waals surface area contributed by atoms with Crippen molar-refractivity contribution in [3.63, 3.8) is 0 Å². The van der Waals surface area contributed by atoms with Crippen molar-refractivity contribution in [2.75, 3.05) is 13.2 Å². The van der Waals surface area contributed by atoms with E-state index in [1.807, 2.05) is 6.07 Å². The first-order valence-corrected chi connectivity index (χ1v) is 6.15. The van der Waals surface area contributed by atoms with Crippen molar-refractivity contribution in [3.8, 4) is 6.07 Å². The molecule has 0 amide bonds. The quantitative estimate of drug-likeness (QED) is 0.893. The molecular weight excluding hydrogens is 231 g/mol. The molecule has 0 radical (unpaired) electrons. The van der Waals surface area contributed by atoms with Crippen molar-refractivity contribution in [2.24, 2.45) is 0 Å². The molecule has 1 N–H and O–H groups in total. The molecule has 1 aromatic carbocycles. The molecule has 0 saturated carbocycles. The maximum atomic E-state index is 13.9. The molecule has 1 saturated heterocycles. The largest absolute Gasteiger partial charge is 0.380 e. The molecule has 96 valence electrons. The van der Waals surface area contributed by atoms with E-state index in [-0.39, 0.29) is 11.1 Å². The average molecular weight is 248 g/mol. The Morgan fingerprint density at radius 1 is 1.56 bits per heavy atom. The van der Waals surface area contributed by atoms with E-state index in [1.165, 1.54) is 6.07 Å². The van der Waals surface area contributed by atoms with Crippen LogP contribution in [0.4, 0.5) is 4.39 Å². The molecular formula is C14H17FN2O. The standard InChI is InChI=1S/C14H17FN2O/c1-14(6-3-7-18-10-14)17-9-12-5-2-4-11(8-16)13(12)15/h2,4-5,17H,3,6-7,9-10H2,1H3. The van der Waals surface area contributed by atoms with Crippen molar-refractivity contribution in [2.45, 2.75) is 31.8 Å². The summed E-state index contributed by atoms with van der Waals surface area (Å²) in [5.41, 5.74) is 0.521. The average Bonchev–Trinajstić information content (AvgIpc) is 2.38. The molecule has 0 bridgehead atoms. The third kappa shape index (κ3) is 2.87. The first-order chi connectivity index (χ1) is 8.64. The molecule has 18 heavy (non-hydrogen) atoms. The van der Waals surface area contributed by atoms with Crippen molar-refractivity contribution in [3.05, 3.63) is 35.1 Å². The van der Waals surface area contributed by atoms with Crippen LogP contribution in [0.15, 0.2) is 18.2 Å². The lowest BCUT2D eigenvalue weighted by Gasteiger charge is -2.34. The minimum absolute atomic E-state index is 0.0966. The third-order valence-corrected chi connectivity index (χ3v) is 3.34. The first kappa shape index (κ1) is 13.0. The molecule has 1 aromatic rings. The van der Waals surface area contributed by atoms with Gasteiger partial charge in [-0.1, -0.05) is 12.1 Å². The number of benzene rings is 1. The fraction of sp³-hybridized carbons (Fsp3) is 0.500. The maximum absolute atomic E-state index is 13.9. The minimum Gasteiger partial charge on any atom is -0.380 e. The fourth-order valence-electron chi connectivity index (χ4n) is 2.18. The summed E-state index contributed by atoms with van der Waals surface area (Å²) >= 11 is 0. The molecule has 1 atom stereocenters. The molecule has 4 heteroatoms. The number of rotatable bonds is 3. The Labute approximate surface area is 107 Å². The number of nitriles is 1. The predicted molar refractivity (Wildman–Crippen MR) is 66.4 cm³/mol. The van der Waals surface area contributed by atoms with Crippen molar-refractivity contribution < 1.29 is 9.13 Å². The summed E-state index contributed by atoms with van der Waals surface area (Å²) in [6.07, 6.45) is 2.04. The van der Waals surface area contributed by atoms with Gasteiger partial charge in [-0.3, -0.25) is 0 Å². The number of hydrogen-bond donors (Lipinski definition) is 1. The third-order valence-electron chi connectivity index (χ3n) is 3.34. The second-order valence-electron chi connectivity index (χ2n) is 4.96. The first-order valence-electron chi connectivity index (χ1n) is 6.15. The highest BCUT2D eigenvalue weighted by Gasteiger charge is 2.27. The van der Waals surface area contributed by atoms with Crippen LogP contribution in [-0.4, -0.2) is 18.8 Å². The second-order valence-corrected chi connectivity index (χ2v) is 4.96. The zero-order valence-electron chi connectivity index (χ0n) is 10.5. The number of ether oxygens (including phenoxy) is 1. The van der Waals surface area contributed by atoms with Crippen LogP contribution in [0.5, 0.6) is 0 Å². The summed E-state index contributed by atoms with van der Waals surface area (Å²) in [5, 5.41) is 12.1. The van der Waals surface area contributed by atoms with E-state index in [0.717, 1.165) is 19.4 Å². The minimum atomic E-state index is -0.423. The van der Waals surface area contributed by atoms with Gasteiger partial charge in [-0.25, -0.2) is 4.39 Å². The molecule has 1 unspecified atom stereocenters. The maximum Gasteiger partial charge on any atom is 0.145 e. The lowest BCUT2D eigenvalue weighted by atomic mass is 9.94. The SMILES string of the molecule is CC1(NCc2cccc(C#N)c2F)CCCOC1. The van der Waals surface area contributed by atoms with Gasteiger partial charge in [0, 0.05) is 24.3 Å². The number of nitrogens with zero attached hydrogens (tertiary/aromatic N) is 1.